The number of hydrogen-bond acceptors (Lipinski definition) is 5. The van der Waals surface area contributed by atoms with Crippen LogP contribution in [0.3, 0.4) is 0 Å². The summed E-state index contributed by atoms with van der Waals surface area (Å²) in [6.07, 6.45) is -18.8. The van der Waals surface area contributed by atoms with Crippen LogP contribution in [0, 0.1) is 0 Å². The van der Waals surface area contributed by atoms with Crippen LogP contribution in [0.1, 0.15) is 43.3 Å². The Kier molecular flexibility index (Phi) is 8.79. The molecule has 44 heavy (non-hydrogen) atoms. The fraction of sp³-hybridized carbons (Fsp3) is 0.357. The summed E-state index contributed by atoms with van der Waals surface area (Å²) in [5.74, 6) is -1.93. The van der Waals surface area contributed by atoms with E-state index in [1.165, 1.54) is 32.0 Å². The number of ether oxygens (including phenoxy) is 2. The number of hydrogen-bond donors (Lipinski definition) is 1. The molecule has 0 bridgehead atoms. The number of carbonyl (C=O) groups excluding carboxylic acids is 1. The molecule has 4 rings (SSSR count). The summed E-state index contributed by atoms with van der Waals surface area (Å²) in [5.41, 5.74) is -2.38. The minimum Gasteiger partial charge on any atom is -0.428 e. The summed E-state index contributed by atoms with van der Waals surface area (Å²) in [6.45, 7) is 2.95. The molecule has 0 radical (unpaired) electrons. The number of halogens is 10. The van der Waals surface area contributed by atoms with Crippen molar-refractivity contribution in [2.75, 3.05) is 4.90 Å². The summed E-state index contributed by atoms with van der Waals surface area (Å²) in [4.78, 5) is 18.5. The minimum absolute atomic E-state index is 0.0538. The zero-order valence-corrected chi connectivity index (χ0v) is 22.7. The second-order valence-corrected chi connectivity index (χ2v) is 10.3. The van der Waals surface area contributed by atoms with Gasteiger partial charge in [-0.2, -0.15) is 30.7 Å². The fourth-order valence-electron chi connectivity index (χ4n) is 4.71. The predicted octanol–water partition coefficient (Wildman–Crippen LogP) is 7.61. The highest BCUT2D eigenvalue weighted by molar-refractivity contribution is 6.00. The Morgan fingerprint density at radius 3 is 2.05 bits per heavy atom. The first-order valence-electron chi connectivity index (χ1n) is 12.7. The smallest absolute Gasteiger partial charge is 0.428 e. The van der Waals surface area contributed by atoms with Gasteiger partial charge in [-0.3, -0.25) is 10.1 Å². The summed E-state index contributed by atoms with van der Waals surface area (Å²) in [5, 5.41) is 2.96. The molecule has 0 saturated carbocycles. The molecule has 1 aromatic heterocycles. The lowest BCUT2D eigenvalue weighted by Crippen LogP contribution is -2.48. The molecule has 1 amide bonds. The van der Waals surface area contributed by atoms with E-state index in [2.05, 4.69) is 19.8 Å². The van der Waals surface area contributed by atoms with Gasteiger partial charge in [-0.05, 0) is 74.4 Å². The maximum Gasteiger partial charge on any atom is 0.573 e. The first-order chi connectivity index (χ1) is 20.3. The standard InChI is InChI=1S/C28H23F10N3O3/c1-25(2,21-7-4-8-22(39-21)26(31,32)33)40-19-14-20(15-5-3-6-18(13-15)43-27(34,35)24(29)30)41(23(19)42)16-9-11-17(12-10-16)44-28(36,37)38/h3-13,19-20,24,40H,14H2,1-2H3/t19-,20-/m1/s1. The first-order valence-corrected chi connectivity index (χ1v) is 12.7. The molecule has 2 heterocycles. The highest BCUT2D eigenvalue weighted by Crippen LogP contribution is 2.41. The van der Waals surface area contributed by atoms with Gasteiger partial charge in [0.25, 0.3) is 0 Å². The van der Waals surface area contributed by atoms with Crippen molar-refractivity contribution >= 4 is 11.6 Å². The van der Waals surface area contributed by atoms with Crippen LogP contribution in [0.25, 0.3) is 0 Å². The molecule has 1 saturated heterocycles. The van der Waals surface area contributed by atoms with Gasteiger partial charge < -0.3 is 14.4 Å². The van der Waals surface area contributed by atoms with Crippen molar-refractivity contribution in [3.05, 3.63) is 83.7 Å². The Morgan fingerprint density at radius 1 is 0.841 bits per heavy atom. The van der Waals surface area contributed by atoms with E-state index in [-0.39, 0.29) is 23.4 Å². The van der Waals surface area contributed by atoms with Gasteiger partial charge in [-0.1, -0.05) is 18.2 Å². The molecule has 0 spiro atoms. The van der Waals surface area contributed by atoms with Crippen molar-refractivity contribution in [2.24, 2.45) is 0 Å². The SMILES string of the molecule is CC(C)(N[C@@H]1C[C@H](c2cccc(OC(F)(F)C(F)F)c2)N(c2ccc(OC(F)(F)F)cc2)C1=O)c1cccc(C(F)(F)F)n1. The monoisotopic (exact) mass is 639 g/mol. The predicted molar refractivity (Wildman–Crippen MR) is 135 cm³/mol. The molecule has 0 unspecified atom stereocenters. The highest BCUT2D eigenvalue weighted by atomic mass is 19.4. The van der Waals surface area contributed by atoms with E-state index < -0.39 is 65.8 Å². The van der Waals surface area contributed by atoms with E-state index in [0.717, 1.165) is 53.4 Å². The number of nitrogens with zero attached hydrogens (tertiary/aromatic N) is 2. The van der Waals surface area contributed by atoms with Gasteiger partial charge >= 0.3 is 25.1 Å². The zero-order chi connectivity index (χ0) is 32.7. The van der Waals surface area contributed by atoms with E-state index >= 15 is 0 Å². The molecular weight excluding hydrogens is 616 g/mol. The van der Waals surface area contributed by atoms with Crippen molar-refractivity contribution in [3.63, 3.8) is 0 Å². The summed E-state index contributed by atoms with van der Waals surface area (Å²) >= 11 is 0. The lowest BCUT2D eigenvalue weighted by molar-refractivity contribution is -0.274. The fourth-order valence-corrected chi connectivity index (χ4v) is 4.71. The Hall–Kier alpha value is -4.08. The second kappa shape index (κ2) is 11.8. The zero-order valence-electron chi connectivity index (χ0n) is 22.7. The Bertz CT molecular complexity index is 1480. The molecule has 6 nitrogen and oxygen atoms in total. The van der Waals surface area contributed by atoms with Crippen molar-refractivity contribution in [1.82, 2.24) is 10.3 Å². The lowest BCUT2D eigenvalue weighted by Gasteiger charge is -2.29. The lowest BCUT2D eigenvalue weighted by atomic mass is 9.96. The average molecular weight is 639 g/mol. The van der Waals surface area contributed by atoms with Crippen LogP contribution in [0.15, 0.2) is 66.7 Å². The van der Waals surface area contributed by atoms with Crippen molar-refractivity contribution in [3.8, 4) is 11.5 Å². The molecule has 2 atom stereocenters. The number of carbonyl (C=O) groups is 1. The van der Waals surface area contributed by atoms with E-state index in [1.807, 2.05) is 0 Å². The number of nitrogens with one attached hydrogen (secondary N) is 1. The maximum atomic E-state index is 13.7. The molecule has 1 N–H and O–H groups in total. The van der Waals surface area contributed by atoms with Crippen LogP contribution in [0.4, 0.5) is 49.6 Å². The molecule has 16 heteroatoms. The van der Waals surface area contributed by atoms with Crippen LogP contribution in [-0.2, 0) is 16.5 Å². The van der Waals surface area contributed by atoms with Crippen molar-refractivity contribution in [1.29, 1.82) is 0 Å². The van der Waals surface area contributed by atoms with Gasteiger partial charge in [0, 0.05) is 5.69 Å². The summed E-state index contributed by atoms with van der Waals surface area (Å²) in [7, 11) is 0. The number of anilines is 1. The Morgan fingerprint density at radius 2 is 1.45 bits per heavy atom. The van der Waals surface area contributed by atoms with Gasteiger partial charge in [0.2, 0.25) is 5.91 Å². The summed E-state index contributed by atoms with van der Waals surface area (Å²) in [6, 6.07) is 9.84. The summed E-state index contributed by atoms with van der Waals surface area (Å²) < 4.78 is 139. The molecule has 1 aliphatic heterocycles. The van der Waals surface area contributed by atoms with E-state index in [9.17, 15) is 48.7 Å². The second-order valence-electron chi connectivity index (χ2n) is 10.3. The number of benzene rings is 2. The van der Waals surface area contributed by atoms with Gasteiger partial charge in [0.1, 0.15) is 17.2 Å². The Labute approximate surface area is 243 Å². The number of rotatable bonds is 9. The maximum absolute atomic E-state index is 13.7. The molecule has 238 valence electrons. The van der Waals surface area contributed by atoms with Gasteiger partial charge in [-0.15, -0.1) is 13.2 Å². The van der Waals surface area contributed by atoms with Crippen LogP contribution >= 0.6 is 0 Å². The number of aromatic nitrogens is 1. The van der Waals surface area contributed by atoms with Crippen LogP contribution in [-0.4, -0.2) is 35.8 Å². The molecule has 1 aliphatic rings. The largest absolute Gasteiger partial charge is 0.573 e. The third-order valence-electron chi connectivity index (χ3n) is 6.62. The van der Waals surface area contributed by atoms with E-state index in [0.29, 0.717) is 0 Å². The van der Waals surface area contributed by atoms with Gasteiger partial charge in [0.15, 0.2) is 0 Å². The van der Waals surface area contributed by atoms with Crippen molar-refractivity contribution in [2.45, 2.75) is 63.0 Å². The van der Waals surface area contributed by atoms with Crippen LogP contribution < -0.4 is 19.7 Å². The normalized spacial score (nSPS) is 18.2. The third-order valence-corrected chi connectivity index (χ3v) is 6.62. The first kappa shape index (κ1) is 32.8. The third kappa shape index (κ3) is 7.52. The molecule has 3 aromatic rings. The van der Waals surface area contributed by atoms with E-state index in [1.54, 1.807) is 0 Å². The number of pyridine rings is 1. The van der Waals surface area contributed by atoms with Gasteiger partial charge in [0.05, 0.1) is 23.3 Å². The van der Waals surface area contributed by atoms with Crippen molar-refractivity contribution < 1.29 is 58.2 Å². The highest BCUT2D eigenvalue weighted by Gasteiger charge is 2.46. The van der Waals surface area contributed by atoms with E-state index in [4.69, 9.17) is 0 Å². The quantitative estimate of drug-likeness (QED) is 0.244. The molecule has 0 aliphatic carbocycles. The number of alkyl halides is 10. The van der Waals surface area contributed by atoms with Crippen LogP contribution in [0.2, 0.25) is 0 Å². The van der Waals surface area contributed by atoms with Crippen LogP contribution in [0.5, 0.6) is 11.5 Å². The number of amides is 1. The minimum atomic E-state index is -4.99. The molecule has 1 fully saturated rings. The Balaban J connectivity index is 1.70. The topological polar surface area (TPSA) is 63.7 Å². The van der Waals surface area contributed by atoms with Gasteiger partial charge in [-0.25, -0.2) is 4.98 Å². The average Bonchev–Trinajstić information content (AvgIpc) is 3.22. The molecule has 2 aromatic carbocycles. The molecular formula is C28H23F10N3O3.